The molecule has 0 bridgehead atoms. The smallest absolute Gasteiger partial charge is 0.255 e. The Morgan fingerprint density at radius 2 is 1.55 bits per heavy atom. The summed E-state index contributed by atoms with van der Waals surface area (Å²) >= 11 is 6.11. The largest absolute Gasteiger partial charge is 0.496 e. The Kier molecular flexibility index (Phi) is 7.55. The molecule has 3 N–H and O–H groups in total. The molecule has 3 rings (SSSR count). The molecule has 5 nitrogen and oxygen atoms in total. The summed E-state index contributed by atoms with van der Waals surface area (Å²) in [7, 11) is 3.72. The summed E-state index contributed by atoms with van der Waals surface area (Å²) in [6.45, 7) is 3.01. The van der Waals surface area contributed by atoms with Gasteiger partial charge in [0.25, 0.3) is 5.91 Å². The van der Waals surface area contributed by atoms with Crippen LogP contribution >= 0.6 is 11.6 Å². The molecule has 3 aromatic rings. The van der Waals surface area contributed by atoms with Gasteiger partial charge in [0.05, 0.1) is 43.5 Å². The summed E-state index contributed by atoms with van der Waals surface area (Å²) in [6, 6.07) is 24.0. The molecule has 0 heterocycles. The molecule has 1 amide bonds. The lowest BCUT2D eigenvalue weighted by molar-refractivity contribution is -0.934. The van der Waals surface area contributed by atoms with Crippen molar-refractivity contribution in [1.82, 2.24) is 5.32 Å². The zero-order chi connectivity index (χ0) is 22.3. The van der Waals surface area contributed by atoms with Gasteiger partial charge in [0, 0.05) is 17.2 Å². The maximum Gasteiger partial charge on any atom is 0.255 e. The Morgan fingerprint density at radius 1 is 1.00 bits per heavy atom. The standard InChI is InChI=1S/C25H28ClN3O2/c1-29(17-19-9-5-3-6-10-19,18-20-11-7-4-8-12-20)14-13-28-25(30)21-15-22(26)23(27)16-24(21)31-2/h3-12,15-16H,13-14,17-18H2,1-2H3,(H2-,27,28,30)/p+1. The van der Waals surface area contributed by atoms with Gasteiger partial charge in [-0.25, -0.2) is 0 Å². The Balaban J connectivity index is 1.71. The fraction of sp³-hybridized carbons (Fsp3) is 0.240. The van der Waals surface area contributed by atoms with Crippen LogP contribution < -0.4 is 15.8 Å². The summed E-state index contributed by atoms with van der Waals surface area (Å²) in [5.41, 5.74) is 9.11. The van der Waals surface area contributed by atoms with Crippen LogP contribution in [0.3, 0.4) is 0 Å². The number of carbonyl (C=O) groups is 1. The van der Waals surface area contributed by atoms with Crippen LogP contribution in [0.25, 0.3) is 0 Å². The lowest BCUT2D eigenvalue weighted by atomic mass is 10.1. The van der Waals surface area contributed by atoms with Gasteiger partial charge < -0.3 is 20.3 Å². The Labute approximate surface area is 189 Å². The van der Waals surface area contributed by atoms with Crippen LogP contribution in [0.5, 0.6) is 5.75 Å². The minimum atomic E-state index is -0.232. The van der Waals surface area contributed by atoms with E-state index in [-0.39, 0.29) is 5.91 Å². The highest BCUT2D eigenvalue weighted by atomic mass is 35.5. The van der Waals surface area contributed by atoms with E-state index < -0.39 is 0 Å². The number of methoxy groups -OCH3 is 1. The van der Waals surface area contributed by atoms with E-state index in [9.17, 15) is 4.79 Å². The number of hydrogen-bond donors (Lipinski definition) is 2. The monoisotopic (exact) mass is 438 g/mol. The predicted molar refractivity (Wildman–Crippen MR) is 126 cm³/mol. The van der Waals surface area contributed by atoms with Crippen molar-refractivity contribution in [1.29, 1.82) is 0 Å². The first-order valence-corrected chi connectivity index (χ1v) is 10.6. The summed E-state index contributed by atoms with van der Waals surface area (Å²) in [5, 5.41) is 3.35. The van der Waals surface area contributed by atoms with Gasteiger partial charge in [-0.15, -0.1) is 0 Å². The summed E-state index contributed by atoms with van der Waals surface area (Å²) in [4.78, 5) is 12.8. The van der Waals surface area contributed by atoms with Crippen LogP contribution in [0.15, 0.2) is 72.8 Å². The van der Waals surface area contributed by atoms with Gasteiger partial charge in [-0.2, -0.15) is 0 Å². The minimum absolute atomic E-state index is 0.232. The number of likely N-dealkylation sites (N-methyl/N-ethyl adjacent to an activating group) is 1. The number of halogens is 1. The van der Waals surface area contributed by atoms with Crippen molar-refractivity contribution in [2.75, 3.05) is 33.0 Å². The number of amides is 1. The SMILES string of the molecule is COc1cc(N)c(Cl)cc1C(=O)NCC[N+](C)(Cc1ccccc1)Cc1ccccc1. The third kappa shape index (κ3) is 6.23. The van der Waals surface area contributed by atoms with Crippen LogP contribution in [-0.4, -0.2) is 37.6 Å². The molecule has 0 saturated heterocycles. The number of ether oxygens (including phenoxy) is 1. The summed E-state index contributed by atoms with van der Waals surface area (Å²) in [6.07, 6.45) is 0. The number of quaternary nitrogens is 1. The molecule has 0 aliphatic carbocycles. The molecule has 0 radical (unpaired) electrons. The topological polar surface area (TPSA) is 64.3 Å². The quantitative estimate of drug-likeness (QED) is 0.381. The third-order valence-electron chi connectivity index (χ3n) is 5.31. The van der Waals surface area contributed by atoms with E-state index in [0.717, 1.165) is 24.1 Å². The van der Waals surface area contributed by atoms with Gasteiger partial charge in [0.1, 0.15) is 18.8 Å². The second kappa shape index (κ2) is 10.3. The van der Waals surface area contributed by atoms with Crippen molar-refractivity contribution in [3.8, 4) is 5.75 Å². The highest BCUT2D eigenvalue weighted by molar-refractivity contribution is 6.33. The second-order valence-electron chi connectivity index (χ2n) is 7.96. The van der Waals surface area contributed by atoms with Crippen LogP contribution in [0.1, 0.15) is 21.5 Å². The van der Waals surface area contributed by atoms with E-state index in [2.05, 4.69) is 60.9 Å². The number of hydrogen-bond acceptors (Lipinski definition) is 3. The van der Waals surface area contributed by atoms with Crippen molar-refractivity contribution >= 4 is 23.2 Å². The average Bonchev–Trinajstić information content (AvgIpc) is 2.76. The second-order valence-corrected chi connectivity index (χ2v) is 8.37. The van der Waals surface area contributed by atoms with Crippen molar-refractivity contribution in [2.24, 2.45) is 0 Å². The molecule has 3 aromatic carbocycles. The van der Waals surface area contributed by atoms with E-state index in [4.69, 9.17) is 22.1 Å². The molecule has 0 aromatic heterocycles. The maximum absolute atomic E-state index is 12.8. The number of rotatable bonds is 9. The molecule has 31 heavy (non-hydrogen) atoms. The molecule has 6 heteroatoms. The van der Waals surface area contributed by atoms with E-state index in [0.29, 0.717) is 28.6 Å². The highest BCUT2D eigenvalue weighted by Crippen LogP contribution is 2.28. The lowest BCUT2D eigenvalue weighted by Gasteiger charge is -2.35. The molecule has 0 aliphatic heterocycles. The first-order chi connectivity index (χ1) is 14.9. The van der Waals surface area contributed by atoms with Crippen LogP contribution in [0.4, 0.5) is 5.69 Å². The first-order valence-electron chi connectivity index (χ1n) is 10.2. The number of anilines is 1. The fourth-order valence-electron chi connectivity index (χ4n) is 3.71. The van der Waals surface area contributed by atoms with Gasteiger partial charge in [-0.05, 0) is 6.07 Å². The molecule has 0 saturated carbocycles. The molecule has 0 unspecified atom stereocenters. The van der Waals surface area contributed by atoms with Crippen molar-refractivity contribution < 1.29 is 14.0 Å². The zero-order valence-electron chi connectivity index (χ0n) is 18.0. The van der Waals surface area contributed by atoms with Gasteiger partial charge in [0.15, 0.2) is 0 Å². The predicted octanol–water partition coefficient (Wildman–Crippen LogP) is 4.51. The van der Waals surface area contributed by atoms with Crippen LogP contribution in [0, 0.1) is 0 Å². The number of nitrogens with one attached hydrogen (secondary N) is 1. The van der Waals surface area contributed by atoms with Gasteiger partial charge in [-0.3, -0.25) is 4.79 Å². The number of nitrogens with zero attached hydrogens (tertiary/aromatic N) is 1. The molecule has 0 atom stereocenters. The molecular weight excluding hydrogens is 410 g/mol. The lowest BCUT2D eigenvalue weighted by Crippen LogP contribution is -2.47. The number of benzene rings is 3. The molecule has 0 aliphatic rings. The van der Waals surface area contributed by atoms with E-state index in [1.54, 1.807) is 12.1 Å². The Bertz CT molecular complexity index is 969. The maximum atomic E-state index is 12.8. The minimum Gasteiger partial charge on any atom is -0.496 e. The number of nitrogen functional groups attached to an aromatic ring is 1. The van der Waals surface area contributed by atoms with Gasteiger partial charge in [0.2, 0.25) is 0 Å². The Hall–Kier alpha value is -3.02. The normalized spacial score (nSPS) is 11.2. The average molecular weight is 439 g/mol. The van der Waals surface area contributed by atoms with Crippen molar-refractivity contribution in [2.45, 2.75) is 13.1 Å². The number of carbonyl (C=O) groups excluding carboxylic acids is 1. The van der Waals surface area contributed by atoms with Crippen LogP contribution in [0.2, 0.25) is 5.02 Å². The van der Waals surface area contributed by atoms with E-state index in [1.807, 2.05) is 12.1 Å². The highest BCUT2D eigenvalue weighted by Gasteiger charge is 2.24. The van der Waals surface area contributed by atoms with Crippen molar-refractivity contribution in [3.63, 3.8) is 0 Å². The van der Waals surface area contributed by atoms with Gasteiger partial charge >= 0.3 is 0 Å². The zero-order valence-corrected chi connectivity index (χ0v) is 18.7. The van der Waals surface area contributed by atoms with E-state index >= 15 is 0 Å². The van der Waals surface area contributed by atoms with E-state index in [1.165, 1.54) is 18.2 Å². The fourth-order valence-corrected chi connectivity index (χ4v) is 3.88. The summed E-state index contributed by atoms with van der Waals surface area (Å²) in [5.74, 6) is 0.176. The van der Waals surface area contributed by atoms with Crippen LogP contribution in [-0.2, 0) is 13.1 Å². The number of nitrogens with two attached hydrogens (primary N) is 1. The summed E-state index contributed by atoms with van der Waals surface area (Å²) < 4.78 is 6.06. The van der Waals surface area contributed by atoms with Gasteiger partial charge in [-0.1, -0.05) is 72.3 Å². The molecular formula is C25H29ClN3O2+. The van der Waals surface area contributed by atoms with Crippen molar-refractivity contribution in [3.05, 3.63) is 94.5 Å². The Morgan fingerprint density at radius 3 is 2.06 bits per heavy atom. The molecule has 0 spiro atoms. The molecule has 162 valence electrons. The first kappa shape index (κ1) is 22.7. The third-order valence-corrected chi connectivity index (χ3v) is 5.64. The molecule has 0 fully saturated rings.